The van der Waals surface area contributed by atoms with Crippen LogP contribution in [0, 0.1) is 6.92 Å². The predicted octanol–water partition coefficient (Wildman–Crippen LogP) is 2.77. The molecule has 2 amide bonds. The van der Waals surface area contributed by atoms with Gasteiger partial charge in [0.05, 0.1) is 17.7 Å². The Hall–Kier alpha value is -2.09. The highest BCUT2D eigenvalue weighted by atomic mass is 32.2. The van der Waals surface area contributed by atoms with Crippen LogP contribution in [0.3, 0.4) is 0 Å². The van der Waals surface area contributed by atoms with Gasteiger partial charge in [-0.25, -0.2) is 13.8 Å². The highest BCUT2D eigenvalue weighted by Gasteiger charge is 2.68. The molecule has 4 atom stereocenters. The molecular formula is C26H46N4O9SSi2. The van der Waals surface area contributed by atoms with Gasteiger partial charge in [-0.2, -0.15) is 8.42 Å². The van der Waals surface area contributed by atoms with E-state index in [4.69, 9.17) is 23.5 Å². The molecule has 42 heavy (non-hydrogen) atoms. The van der Waals surface area contributed by atoms with Crippen molar-refractivity contribution in [1.29, 1.82) is 0 Å². The molecule has 238 valence electrons. The molecule has 2 aliphatic rings. The van der Waals surface area contributed by atoms with Crippen LogP contribution in [-0.4, -0.2) is 64.6 Å². The van der Waals surface area contributed by atoms with Gasteiger partial charge in [0.1, 0.15) is 12.2 Å². The molecule has 3 rings (SSSR count). The minimum absolute atomic E-state index is 0.142. The fourth-order valence-corrected chi connectivity index (χ4v) is 8.00. The van der Waals surface area contributed by atoms with Gasteiger partial charge in [0.15, 0.2) is 28.5 Å². The number of hydrogen-bond donors (Lipinski definition) is 2. The van der Waals surface area contributed by atoms with Crippen molar-refractivity contribution in [3.8, 4) is 0 Å². The van der Waals surface area contributed by atoms with E-state index in [9.17, 15) is 22.8 Å². The lowest BCUT2D eigenvalue weighted by Gasteiger charge is -2.44. The van der Waals surface area contributed by atoms with Crippen molar-refractivity contribution >= 4 is 32.8 Å². The first-order chi connectivity index (χ1) is 18.8. The number of aryl methyl sites for hydroxylation is 1. The molecule has 0 aromatic carbocycles. The number of carbonyl (C=O) groups excluding carboxylic acids is 1. The fraction of sp³-hybridized carbons (Fsp3) is 0.731. The zero-order valence-corrected chi connectivity index (χ0v) is 29.5. The zero-order valence-electron chi connectivity index (χ0n) is 26.6. The van der Waals surface area contributed by atoms with Crippen LogP contribution >= 0.6 is 0 Å². The van der Waals surface area contributed by atoms with Gasteiger partial charge >= 0.3 is 11.7 Å². The Morgan fingerprint density at radius 2 is 1.64 bits per heavy atom. The van der Waals surface area contributed by atoms with Crippen LogP contribution in [0.5, 0.6) is 0 Å². The van der Waals surface area contributed by atoms with Crippen LogP contribution in [0.1, 0.15) is 53.3 Å². The van der Waals surface area contributed by atoms with Crippen LogP contribution in [0.4, 0.5) is 4.79 Å². The van der Waals surface area contributed by atoms with E-state index in [2.05, 4.69) is 26.1 Å². The molecule has 3 heterocycles. The van der Waals surface area contributed by atoms with E-state index in [0.717, 1.165) is 9.98 Å². The average molecular weight is 647 g/mol. The molecular weight excluding hydrogens is 601 g/mol. The summed E-state index contributed by atoms with van der Waals surface area (Å²) in [5.74, 6) is 0. The third kappa shape index (κ3) is 6.12. The standard InChI is InChI=1S/C26H46N4O9SSi2/c1-16-13-30(23(33)29(8)20(16)31)21-19(38-42(11,12)25(5,6)7)26(17(28-22(27)32)15-40(34,35)39-26)18(37-21)14-36-41(9,10)24(2,3)4/h13,15,18-19,21H,14H2,1-12H3,(H3,27,28,32)/t18?,19-,21+,26?/m0/s1. The van der Waals surface area contributed by atoms with E-state index in [1.165, 1.54) is 17.8 Å². The molecule has 2 unspecified atom stereocenters. The quantitative estimate of drug-likeness (QED) is 0.334. The molecule has 0 saturated carbocycles. The van der Waals surface area contributed by atoms with Gasteiger partial charge in [-0.05, 0) is 43.2 Å². The number of rotatable bonds is 7. The van der Waals surface area contributed by atoms with Crippen molar-refractivity contribution in [1.82, 2.24) is 14.5 Å². The summed E-state index contributed by atoms with van der Waals surface area (Å²) in [5, 5.41) is 2.65. The molecule has 0 bridgehead atoms. The largest absolute Gasteiger partial charge is 0.414 e. The summed E-state index contributed by atoms with van der Waals surface area (Å²) < 4.78 is 54.1. The molecule has 0 aliphatic carbocycles. The Morgan fingerprint density at radius 1 is 1.10 bits per heavy atom. The number of amides is 2. The lowest BCUT2D eigenvalue weighted by Crippen LogP contribution is -2.60. The van der Waals surface area contributed by atoms with Gasteiger partial charge in [0, 0.05) is 18.8 Å². The first kappa shape index (κ1) is 34.4. The summed E-state index contributed by atoms with van der Waals surface area (Å²) in [5.41, 5.74) is 2.41. The summed E-state index contributed by atoms with van der Waals surface area (Å²) >= 11 is 0. The number of aromatic nitrogens is 2. The zero-order chi connectivity index (χ0) is 32.4. The highest BCUT2D eigenvalue weighted by molar-refractivity contribution is 7.90. The molecule has 2 aliphatic heterocycles. The Bertz CT molecular complexity index is 1500. The monoisotopic (exact) mass is 646 g/mol. The third-order valence-electron chi connectivity index (χ3n) is 9.04. The van der Waals surface area contributed by atoms with Crippen molar-refractivity contribution in [2.24, 2.45) is 12.8 Å². The Labute approximate surface area is 249 Å². The minimum atomic E-state index is -4.37. The van der Waals surface area contributed by atoms with Crippen LogP contribution in [0.2, 0.25) is 36.3 Å². The van der Waals surface area contributed by atoms with Crippen LogP contribution < -0.4 is 22.3 Å². The van der Waals surface area contributed by atoms with Crippen LogP contribution in [0.15, 0.2) is 26.9 Å². The lowest BCUT2D eigenvalue weighted by atomic mass is 9.89. The molecule has 16 heteroatoms. The van der Waals surface area contributed by atoms with Gasteiger partial charge in [0.2, 0.25) is 0 Å². The van der Waals surface area contributed by atoms with Gasteiger partial charge in [-0.3, -0.25) is 13.9 Å². The number of urea groups is 1. The predicted molar refractivity (Wildman–Crippen MR) is 163 cm³/mol. The number of nitrogens with zero attached hydrogens (tertiary/aromatic N) is 2. The molecule has 1 spiro atoms. The van der Waals surface area contributed by atoms with Crippen molar-refractivity contribution in [2.45, 2.75) is 109 Å². The Kier molecular flexibility index (Phi) is 8.86. The second kappa shape index (κ2) is 10.8. The average Bonchev–Trinajstić information content (AvgIpc) is 3.24. The first-order valence-corrected chi connectivity index (χ1v) is 21.1. The van der Waals surface area contributed by atoms with Crippen molar-refractivity contribution in [3.05, 3.63) is 43.7 Å². The minimum Gasteiger partial charge on any atom is -0.414 e. The van der Waals surface area contributed by atoms with E-state index in [1.807, 2.05) is 47.0 Å². The van der Waals surface area contributed by atoms with E-state index in [0.29, 0.717) is 0 Å². The van der Waals surface area contributed by atoms with Crippen molar-refractivity contribution < 1.29 is 31.0 Å². The molecule has 0 radical (unpaired) electrons. The lowest BCUT2D eigenvalue weighted by molar-refractivity contribution is -0.0571. The maximum atomic E-state index is 13.5. The second-order valence-corrected chi connectivity index (χ2v) is 25.1. The molecule has 1 fully saturated rings. The SMILES string of the molecule is Cc1cn([C@@H]2OC(CO[Si](C)(C)C(C)(C)C)C3(OS(=O)(=O)C=C3NC(N)=O)[C@H]2O[Si](C)(C)C(C)(C)C)c(=O)n(C)c1=O. The summed E-state index contributed by atoms with van der Waals surface area (Å²) in [6, 6.07) is -1.02. The van der Waals surface area contributed by atoms with Gasteiger partial charge in [-0.1, -0.05) is 41.5 Å². The fourth-order valence-electron chi connectivity index (χ4n) is 4.46. The first-order valence-electron chi connectivity index (χ1n) is 13.8. The number of hydrogen-bond acceptors (Lipinski definition) is 9. The molecule has 3 N–H and O–H groups in total. The van der Waals surface area contributed by atoms with Gasteiger partial charge in [0.25, 0.3) is 15.7 Å². The van der Waals surface area contributed by atoms with E-state index >= 15 is 0 Å². The van der Waals surface area contributed by atoms with Crippen molar-refractivity contribution in [3.63, 3.8) is 0 Å². The maximum Gasteiger partial charge on any atom is 0.332 e. The Balaban J connectivity index is 2.36. The number of nitrogens with two attached hydrogens (primary N) is 1. The normalized spacial score (nSPS) is 26.5. The topological polar surface area (TPSA) is 170 Å². The smallest absolute Gasteiger partial charge is 0.332 e. The third-order valence-corrected chi connectivity index (χ3v) is 19.0. The number of ether oxygens (including phenoxy) is 1. The number of carbonyl (C=O) groups is 1. The highest BCUT2D eigenvalue weighted by Crippen LogP contribution is 2.52. The summed E-state index contributed by atoms with van der Waals surface area (Å²) in [4.78, 5) is 38.2. The molecule has 1 aromatic heterocycles. The molecule has 13 nitrogen and oxygen atoms in total. The van der Waals surface area contributed by atoms with E-state index in [-0.39, 0.29) is 27.9 Å². The summed E-state index contributed by atoms with van der Waals surface area (Å²) in [6.45, 7) is 21.6. The maximum absolute atomic E-state index is 13.5. The van der Waals surface area contributed by atoms with Gasteiger partial charge in [-0.15, -0.1) is 0 Å². The summed E-state index contributed by atoms with van der Waals surface area (Å²) in [6.07, 6.45) is -2.37. The Morgan fingerprint density at radius 3 is 2.14 bits per heavy atom. The van der Waals surface area contributed by atoms with E-state index < -0.39 is 68.1 Å². The van der Waals surface area contributed by atoms with Gasteiger partial charge < -0.3 is 24.6 Å². The van der Waals surface area contributed by atoms with Crippen LogP contribution in [0.25, 0.3) is 0 Å². The van der Waals surface area contributed by atoms with E-state index in [1.54, 1.807) is 6.92 Å². The summed E-state index contributed by atoms with van der Waals surface area (Å²) in [7, 11) is -8.23. The van der Waals surface area contributed by atoms with Crippen molar-refractivity contribution in [2.75, 3.05) is 6.61 Å². The number of primary amides is 1. The number of nitrogens with one attached hydrogen (secondary N) is 1. The van der Waals surface area contributed by atoms with Crippen LogP contribution in [-0.2, 0) is 34.9 Å². The molecule has 1 aromatic rings. The molecule has 1 saturated heterocycles. The second-order valence-electron chi connectivity index (χ2n) is 14.1.